The highest BCUT2D eigenvalue weighted by Gasteiger charge is 2.19. The van der Waals surface area contributed by atoms with E-state index in [9.17, 15) is 13.2 Å². The van der Waals surface area contributed by atoms with Crippen LogP contribution < -0.4 is 15.0 Å². The van der Waals surface area contributed by atoms with Crippen LogP contribution in [-0.2, 0) is 16.6 Å². The summed E-state index contributed by atoms with van der Waals surface area (Å²) in [6, 6.07) is 16.2. The van der Waals surface area contributed by atoms with Gasteiger partial charge < -0.3 is 9.30 Å². The van der Waals surface area contributed by atoms with E-state index in [4.69, 9.17) is 16.3 Å². The van der Waals surface area contributed by atoms with Gasteiger partial charge in [0.15, 0.2) is 0 Å². The molecule has 3 aromatic rings. The maximum absolute atomic E-state index is 12.7. The van der Waals surface area contributed by atoms with Gasteiger partial charge in [-0.3, -0.25) is 9.52 Å². The fourth-order valence-electron chi connectivity index (χ4n) is 2.58. The van der Waals surface area contributed by atoms with E-state index in [1.165, 1.54) is 36.1 Å². The number of nitrogens with zero attached hydrogens (tertiary/aromatic N) is 1. The molecular weight excluding hydrogens is 388 g/mol. The monoisotopic (exact) mass is 404 g/mol. The molecule has 0 aliphatic carbocycles. The summed E-state index contributed by atoms with van der Waals surface area (Å²) in [7, 11) is -2.48. The van der Waals surface area contributed by atoms with Crippen molar-refractivity contribution in [3.63, 3.8) is 0 Å². The van der Waals surface area contributed by atoms with Crippen LogP contribution in [-0.4, -0.2) is 20.1 Å². The number of para-hydroxylation sites is 1. The van der Waals surface area contributed by atoms with Crippen molar-refractivity contribution in [2.24, 2.45) is 0 Å². The molecule has 140 valence electrons. The Labute approximate surface area is 162 Å². The SMILES string of the molecule is COc1ccccc1S(=O)(=O)Nc1ccc(=O)n(Cc2ccccc2Cl)c1. The van der Waals surface area contributed by atoms with Crippen molar-refractivity contribution in [3.8, 4) is 5.75 Å². The zero-order chi connectivity index (χ0) is 19.4. The molecule has 0 unspecified atom stereocenters. The molecule has 2 aromatic carbocycles. The third-order valence-electron chi connectivity index (χ3n) is 3.89. The van der Waals surface area contributed by atoms with Gasteiger partial charge in [0, 0.05) is 17.3 Å². The first-order chi connectivity index (χ1) is 12.9. The average Bonchev–Trinajstić information content (AvgIpc) is 2.66. The van der Waals surface area contributed by atoms with E-state index in [0.717, 1.165) is 5.56 Å². The Balaban J connectivity index is 1.92. The summed E-state index contributed by atoms with van der Waals surface area (Å²) in [5.41, 5.74) is 0.744. The second-order valence-corrected chi connectivity index (χ2v) is 7.79. The smallest absolute Gasteiger partial charge is 0.265 e. The Morgan fingerprint density at radius 3 is 2.48 bits per heavy atom. The fraction of sp³-hybridized carbons (Fsp3) is 0.105. The third-order valence-corrected chi connectivity index (χ3v) is 5.68. The fourth-order valence-corrected chi connectivity index (χ4v) is 3.99. The minimum absolute atomic E-state index is 0.0105. The molecule has 3 rings (SSSR count). The normalized spacial score (nSPS) is 11.2. The van der Waals surface area contributed by atoms with Crippen LogP contribution in [0, 0.1) is 0 Å². The maximum atomic E-state index is 12.7. The van der Waals surface area contributed by atoms with Crippen LogP contribution in [0.15, 0.2) is 76.6 Å². The molecule has 1 heterocycles. The molecule has 8 heteroatoms. The van der Waals surface area contributed by atoms with Crippen molar-refractivity contribution in [1.82, 2.24) is 4.57 Å². The van der Waals surface area contributed by atoms with Crippen LogP contribution in [0.3, 0.4) is 0 Å². The van der Waals surface area contributed by atoms with E-state index < -0.39 is 10.0 Å². The van der Waals surface area contributed by atoms with Gasteiger partial charge in [-0.05, 0) is 29.8 Å². The Hall–Kier alpha value is -2.77. The van der Waals surface area contributed by atoms with Crippen molar-refractivity contribution >= 4 is 27.3 Å². The molecule has 0 saturated carbocycles. The summed E-state index contributed by atoms with van der Waals surface area (Å²) < 4.78 is 34.4. The molecule has 0 bridgehead atoms. The van der Waals surface area contributed by atoms with Gasteiger partial charge in [-0.1, -0.05) is 41.9 Å². The maximum Gasteiger partial charge on any atom is 0.265 e. The zero-order valence-corrected chi connectivity index (χ0v) is 16.0. The van der Waals surface area contributed by atoms with E-state index >= 15 is 0 Å². The Kier molecular flexibility index (Phi) is 5.53. The average molecular weight is 405 g/mol. The number of pyridine rings is 1. The van der Waals surface area contributed by atoms with Gasteiger partial charge in [0.2, 0.25) is 0 Å². The largest absolute Gasteiger partial charge is 0.495 e. The summed E-state index contributed by atoms with van der Waals surface area (Å²) in [4.78, 5) is 12.2. The predicted octanol–water partition coefficient (Wildman–Crippen LogP) is 3.36. The molecule has 0 radical (unpaired) electrons. The number of hydrogen-bond donors (Lipinski definition) is 1. The van der Waals surface area contributed by atoms with Crippen molar-refractivity contribution in [2.75, 3.05) is 11.8 Å². The van der Waals surface area contributed by atoms with Gasteiger partial charge in [-0.2, -0.15) is 0 Å². The van der Waals surface area contributed by atoms with Crippen LogP contribution in [0.5, 0.6) is 5.75 Å². The Bertz CT molecular complexity index is 1130. The summed E-state index contributed by atoms with van der Waals surface area (Å²) in [5, 5.41) is 0.532. The lowest BCUT2D eigenvalue weighted by Crippen LogP contribution is -2.21. The Morgan fingerprint density at radius 2 is 1.74 bits per heavy atom. The second kappa shape index (κ2) is 7.85. The van der Waals surface area contributed by atoms with Crippen LogP contribution in [0.4, 0.5) is 5.69 Å². The van der Waals surface area contributed by atoms with E-state index in [2.05, 4.69) is 4.72 Å². The highest BCUT2D eigenvalue weighted by Crippen LogP contribution is 2.25. The van der Waals surface area contributed by atoms with E-state index in [1.807, 2.05) is 6.07 Å². The summed E-state index contributed by atoms with van der Waals surface area (Å²) >= 11 is 6.15. The lowest BCUT2D eigenvalue weighted by molar-refractivity contribution is 0.403. The lowest BCUT2D eigenvalue weighted by Gasteiger charge is -2.13. The lowest BCUT2D eigenvalue weighted by atomic mass is 10.2. The van der Waals surface area contributed by atoms with Crippen molar-refractivity contribution in [1.29, 1.82) is 0 Å². The molecule has 0 aliphatic rings. The number of sulfonamides is 1. The highest BCUT2D eigenvalue weighted by molar-refractivity contribution is 7.92. The summed E-state index contributed by atoms with van der Waals surface area (Å²) in [6.45, 7) is 0.225. The zero-order valence-electron chi connectivity index (χ0n) is 14.4. The molecule has 0 fully saturated rings. The first kappa shape index (κ1) is 19.0. The number of halogens is 1. The Morgan fingerprint density at radius 1 is 1.04 bits per heavy atom. The quantitative estimate of drug-likeness (QED) is 0.683. The van der Waals surface area contributed by atoms with Gasteiger partial charge in [0.1, 0.15) is 10.6 Å². The number of hydrogen-bond acceptors (Lipinski definition) is 4. The van der Waals surface area contributed by atoms with E-state index in [-0.39, 0.29) is 28.4 Å². The molecule has 1 aromatic heterocycles. The van der Waals surface area contributed by atoms with Gasteiger partial charge in [0.05, 0.1) is 19.3 Å². The molecule has 0 aliphatic heterocycles. The van der Waals surface area contributed by atoms with E-state index in [0.29, 0.717) is 5.02 Å². The molecule has 27 heavy (non-hydrogen) atoms. The number of aromatic nitrogens is 1. The summed E-state index contributed by atoms with van der Waals surface area (Å²) in [5.74, 6) is 0.231. The minimum Gasteiger partial charge on any atom is -0.495 e. The van der Waals surface area contributed by atoms with Crippen LogP contribution >= 0.6 is 11.6 Å². The number of methoxy groups -OCH3 is 1. The number of rotatable bonds is 6. The molecule has 0 spiro atoms. The van der Waals surface area contributed by atoms with Crippen LogP contribution in [0.1, 0.15) is 5.56 Å². The second-order valence-electron chi connectivity index (χ2n) is 5.73. The number of benzene rings is 2. The van der Waals surface area contributed by atoms with Crippen LogP contribution in [0.25, 0.3) is 0 Å². The first-order valence-electron chi connectivity index (χ1n) is 8.00. The number of nitrogens with one attached hydrogen (secondary N) is 1. The minimum atomic E-state index is -3.88. The third kappa shape index (κ3) is 4.32. The number of ether oxygens (including phenoxy) is 1. The van der Waals surface area contributed by atoms with Gasteiger partial charge in [0.25, 0.3) is 15.6 Å². The van der Waals surface area contributed by atoms with Crippen molar-refractivity contribution in [3.05, 3.63) is 87.8 Å². The molecule has 0 saturated heterocycles. The number of anilines is 1. The van der Waals surface area contributed by atoms with Crippen molar-refractivity contribution in [2.45, 2.75) is 11.4 Å². The molecule has 0 atom stereocenters. The van der Waals surface area contributed by atoms with Gasteiger partial charge in [-0.25, -0.2) is 8.42 Å². The van der Waals surface area contributed by atoms with Gasteiger partial charge >= 0.3 is 0 Å². The van der Waals surface area contributed by atoms with Crippen molar-refractivity contribution < 1.29 is 13.2 Å². The van der Waals surface area contributed by atoms with Crippen LogP contribution in [0.2, 0.25) is 5.02 Å². The van der Waals surface area contributed by atoms with Gasteiger partial charge in [-0.15, -0.1) is 0 Å². The first-order valence-corrected chi connectivity index (χ1v) is 9.86. The molecule has 6 nitrogen and oxygen atoms in total. The highest BCUT2D eigenvalue weighted by atomic mass is 35.5. The standard InChI is InChI=1S/C19H17ClN2O4S/c1-26-17-8-4-5-9-18(17)27(24,25)21-15-10-11-19(23)22(13-15)12-14-6-2-3-7-16(14)20/h2-11,13,21H,12H2,1H3. The topological polar surface area (TPSA) is 77.4 Å². The summed E-state index contributed by atoms with van der Waals surface area (Å²) in [6.07, 6.45) is 1.44. The molecule has 0 amide bonds. The molecular formula is C19H17ClN2O4S. The van der Waals surface area contributed by atoms with E-state index in [1.54, 1.807) is 36.4 Å². The predicted molar refractivity (Wildman–Crippen MR) is 105 cm³/mol. The molecule has 1 N–H and O–H groups in total.